The Hall–Kier alpha value is -1.10. The van der Waals surface area contributed by atoms with E-state index >= 15 is 0 Å². The summed E-state index contributed by atoms with van der Waals surface area (Å²) in [7, 11) is 0. The van der Waals surface area contributed by atoms with Gasteiger partial charge in [0, 0.05) is 6.54 Å². The van der Waals surface area contributed by atoms with Crippen LogP contribution in [0.4, 0.5) is 5.95 Å². The Labute approximate surface area is 107 Å². The standard InChI is InChI=1S/C11H19ClN4O/c1-4-6-13-10-14-9(12)15-11(16-10)17-7-5-8(2)3/h8H,4-7H2,1-3H3,(H,13,14,15,16). The third-order valence-corrected chi connectivity index (χ3v) is 2.22. The van der Waals surface area contributed by atoms with Gasteiger partial charge in [-0.3, -0.25) is 0 Å². The molecule has 1 aromatic heterocycles. The summed E-state index contributed by atoms with van der Waals surface area (Å²) in [5, 5.41) is 3.20. The molecule has 0 aliphatic heterocycles. The van der Waals surface area contributed by atoms with Crippen LogP contribution in [-0.2, 0) is 0 Å². The van der Waals surface area contributed by atoms with E-state index in [0.717, 1.165) is 19.4 Å². The highest BCUT2D eigenvalue weighted by Crippen LogP contribution is 2.12. The lowest BCUT2D eigenvalue weighted by atomic mass is 10.1. The van der Waals surface area contributed by atoms with Crippen molar-refractivity contribution >= 4 is 17.5 Å². The van der Waals surface area contributed by atoms with Gasteiger partial charge in [0.2, 0.25) is 11.2 Å². The first-order chi connectivity index (χ1) is 8.11. The van der Waals surface area contributed by atoms with Gasteiger partial charge in [0.05, 0.1) is 6.61 Å². The van der Waals surface area contributed by atoms with Gasteiger partial charge in [-0.05, 0) is 30.4 Å². The van der Waals surface area contributed by atoms with Gasteiger partial charge in [0.15, 0.2) is 0 Å². The summed E-state index contributed by atoms with van der Waals surface area (Å²) in [6.07, 6.45) is 1.95. The predicted molar refractivity (Wildman–Crippen MR) is 68.6 cm³/mol. The van der Waals surface area contributed by atoms with Crippen molar-refractivity contribution in [1.29, 1.82) is 0 Å². The number of hydrogen-bond acceptors (Lipinski definition) is 5. The van der Waals surface area contributed by atoms with Gasteiger partial charge in [0.1, 0.15) is 0 Å². The summed E-state index contributed by atoms with van der Waals surface area (Å²) < 4.78 is 5.43. The van der Waals surface area contributed by atoms with E-state index in [9.17, 15) is 0 Å². The normalized spacial score (nSPS) is 10.6. The van der Waals surface area contributed by atoms with Crippen LogP contribution in [0, 0.1) is 5.92 Å². The Bertz CT molecular complexity index is 346. The molecule has 1 rings (SSSR count). The molecule has 0 radical (unpaired) electrons. The molecule has 0 atom stereocenters. The zero-order valence-corrected chi connectivity index (χ0v) is 11.3. The minimum Gasteiger partial charge on any atom is -0.463 e. The van der Waals surface area contributed by atoms with Gasteiger partial charge < -0.3 is 10.1 Å². The zero-order valence-electron chi connectivity index (χ0n) is 10.5. The molecule has 0 saturated heterocycles. The lowest BCUT2D eigenvalue weighted by molar-refractivity contribution is 0.268. The van der Waals surface area contributed by atoms with Crippen molar-refractivity contribution in [2.75, 3.05) is 18.5 Å². The number of anilines is 1. The van der Waals surface area contributed by atoms with E-state index in [0.29, 0.717) is 18.5 Å². The molecule has 0 amide bonds. The van der Waals surface area contributed by atoms with Crippen molar-refractivity contribution in [2.45, 2.75) is 33.6 Å². The monoisotopic (exact) mass is 258 g/mol. The maximum Gasteiger partial charge on any atom is 0.322 e. The first kappa shape index (κ1) is 14.0. The maximum absolute atomic E-state index is 5.79. The van der Waals surface area contributed by atoms with E-state index in [1.165, 1.54) is 0 Å². The second-order valence-electron chi connectivity index (χ2n) is 4.17. The van der Waals surface area contributed by atoms with Crippen molar-refractivity contribution < 1.29 is 4.74 Å². The minimum atomic E-state index is 0.151. The van der Waals surface area contributed by atoms with Gasteiger partial charge in [-0.15, -0.1) is 0 Å². The van der Waals surface area contributed by atoms with Gasteiger partial charge in [-0.2, -0.15) is 15.0 Å². The summed E-state index contributed by atoms with van der Waals surface area (Å²) in [4.78, 5) is 12.0. The molecule has 0 saturated carbocycles. The summed E-state index contributed by atoms with van der Waals surface area (Å²) in [5.74, 6) is 1.05. The molecule has 6 heteroatoms. The van der Waals surface area contributed by atoms with Gasteiger partial charge in [-0.25, -0.2) is 0 Å². The van der Waals surface area contributed by atoms with Crippen LogP contribution in [0.2, 0.25) is 5.28 Å². The zero-order chi connectivity index (χ0) is 12.7. The van der Waals surface area contributed by atoms with Gasteiger partial charge in [0.25, 0.3) is 0 Å². The average Bonchev–Trinajstić information content (AvgIpc) is 2.25. The van der Waals surface area contributed by atoms with E-state index in [1.807, 2.05) is 0 Å². The van der Waals surface area contributed by atoms with E-state index in [4.69, 9.17) is 16.3 Å². The van der Waals surface area contributed by atoms with Gasteiger partial charge in [-0.1, -0.05) is 20.8 Å². The summed E-state index contributed by atoms with van der Waals surface area (Å²) >= 11 is 5.79. The number of nitrogens with zero attached hydrogens (tertiary/aromatic N) is 3. The maximum atomic E-state index is 5.79. The Morgan fingerprint density at radius 1 is 1.29 bits per heavy atom. The molecule has 0 fully saturated rings. The highest BCUT2D eigenvalue weighted by Gasteiger charge is 2.05. The van der Waals surface area contributed by atoms with Crippen LogP contribution in [0.3, 0.4) is 0 Å². The molecule has 0 spiro atoms. The van der Waals surface area contributed by atoms with Crippen molar-refractivity contribution in [3.8, 4) is 6.01 Å². The third kappa shape index (κ3) is 5.68. The van der Waals surface area contributed by atoms with E-state index in [1.54, 1.807) is 0 Å². The number of aromatic nitrogens is 3. The summed E-state index contributed by atoms with van der Waals surface area (Å²) in [5.41, 5.74) is 0. The molecular weight excluding hydrogens is 240 g/mol. The highest BCUT2D eigenvalue weighted by molar-refractivity contribution is 6.28. The topological polar surface area (TPSA) is 59.9 Å². The van der Waals surface area contributed by atoms with Crippen LogP contribution in [0.5, 0.6) is 6.01 Å². The molecule has 5 nitrogen and oxygen atoms in total. The van der Waals surface area contributed by atoms with Crippen molar-refractivity contribution in [2.24, 2.45) is 5.92 Å². The van der Waals surface area contributed by atoms with E-state index in [-0.39, 0.29) is 11.3 Å². The summed E-state index contributed by atoms with van der Waals surface area (Å²) in [6.45, 7) is 7.73. The minimum absolute atomic E-state index is 0.151. The number of rotatable bonds is 7. The SMILES string of the molecule is CCCNc1nc(Cl)nc(OCCC(C)C)n1. The van der Waals surface area contributed by atoms with Crippen LogP contribution in [0.15, 0.2) is 0 Å². The number of hydrogen-bond donors (Lipinski definition) is 1. The van der Waals surface area contributed by atoms with Crippen LogP contribution in [0.1, 0.15) is 33.6 Å². The van der Waals surface area contributed by atoms with E-state index in [2.05, 4.69) is 41.0 Å². The lowest BCUT2D eigenvalue weighted by Crippen LogP contribution is -2.09. The fourth-order valence-electron chi connectivity index (χ4n) is 1.10. The van der Waals surface area contributed by atoms with E-state index < -0.39 is 0 Å². The third-order valence-electron chi connectivity index (χ3n) is 2.05. The highest BCUT2D eigenvalue weighted by atomic mass is 35.5. The molecular formula is C11H19ClN4O. The molecule has 0 aromatic carbocycles. The smallest absolute Gasteiger partial charge is 0.322 e. The quantitative estimate of drug-likeness (QED) is 0.815. The Morgan fingerprint density at radius 2 is 2.06 bits per heavy atom. The largest absolute Gasteiger partial charge is 0.463 e. The first-order valence-electron chi connectivity index (χ1n) is 5.90. The van der Waals surface area contributed by atoms with Crippen LogP contribution >= 0.6 is 11.6 Å². The average molecular weight is 259 g/mol. The van der Waals surface area contributed by atoms with Crippen LogP contribution < -0.4 is 10.1 Å². The number of ether oxygens (including phenoxy) is 1. The molecule has 1 N–H and O–H groups in total. The molecule has 1 heterocycles. The second kappa shape index (κ2) is 7.27. The number of nitrogens with one attached hydrogen (secondary N) is 1. The molecule has 17 heavy (non-hydrogen) atoms. The predicted octanol–water partition coefficient (Wildman–Crippen LogP) is 2.77. The van der Waals surface area contributed by atoms with Crippen molar-refractivity contribution in [3.63, 3.8) is 0 Å². The van der Waals surface area contributed by atoms with Gasteiger partial charge >= 0.3 is 6.01 Å². The fraction of sp³-hybridized carbons (Fsp3) is 0.727. The Morgan fingerprint density at radius 3 is 2.71 bits per heavy atom. The lowest BCUT2D eigenvalue weighted by Gasteiger charge is -2.08. The summed E-state index contributed by atoms with van der Waals surface area (Å²) in [6, 6.07) is 0.282. The Kier molecular flexibility index (Phi) is 5.97. The molecule has 96 valence electrons. The molecule has 0 unspecified atom stereocenters. The number of halogens is 1. The van der Waals surface area contributed by atoms with Crippen molar-refractivity contribution in [1.82, 2.24) is 15.0 Å². The second-order valence-corrected chi connectivity index (χ2v) is 4.51. The van der Waals surface area contributed by atoms with Crippen LogP contribution in [0.25, 0.3) is 0 Å². The van der Waals surface area contributed by atoms with Crippen molar-refractivity contribution in [3.05, 3.63) is 5.28 Å². The molecule has 1 aromatic rings. The fourth-order valence-corrected chi connectivity index (χ4v) is 1.25. The molecule has 0 aliphatic rings. The molecule has 0 aliphatic carbocycles. The first-order valence-corrected chi connectivity index (χ1v) is 6.27. The molecule has 0 bridgehead atoms. The van der Waals surface area contributed by atoms with Crippen LogP contribution in [-0.4, -0.2) is 28.1 Å². The Balaban J connectivity index is 2.55.